The van der Waals surface area contributed by atoms with Crippen molar-refractivity contribution in [3.05, 3.63) is 66.7 Å². The summed E-state index contributed by atoms with van der Waals surface area (Å²) in [6, 6.07) is 9.58. The van der Waals surface area contributed by atoms with Crippen molar-refractivity contribution < 1.29 is 13.2 Å². The normalized spacial score (nSPS) is 11.8. The van der Waals surface area contributed by atoms with Crippen LogP contribution in [0.25, 0.3) is 16.6 Å². The summed E-state index contributed by atoms with van der Waals surface area (Å²) >= 11 is 7.25. The molecule has 1 heterocycles. The monoisotopic (exact) mass is 448 g/mol. The standard InChI is InChI=1S/C15H8F3IN2OS/c16-15(17,18)8-1-4-10(5-2-8)21-13(22)11-7-9(19)3-6-12(11)20-14(21)23/h1-7H,(H,20,23). The van der Waals surface area contributed by atoms with E-state index in [0.29, 0.717) is 10.9 Å². The number of aromatic nitrogens is 2. The maximum absolute atomic E-state index is 12.6. The molecule has 0 radical (unpaired) electrons. The van der Waals surface area contributed by atoms with Gasteiger partial charge in [0, 0.05) is 3.57 Å². The molecule has 23 heavy (non-hydrogen) atoms. The van der Waals surface area contributed by atoms with Crippen molar-refractivity contribution in [3.63, 3.8) is 0 Å². The van der Waals surface area contributed by atoms with Gasteiger partial charge < -0.3 is 4.98 Å². The molecular formula is C15H8F3IN2OS. The molecule has 3 nitrogen and oxygen atoms in total. The Morgan fingerprint density at radius 2 is 1.74 bits per heavy atom. The molecule has 2 aromatic carbocycles. The maximum atomic E-state index is 12.6. The highest BCUT2D eigenvalue weighted by molar-refractivity contribution is 14.1. The second-order valence-electron chi connectivity index (χ2n) is 4.81. The Bertz CT molecular complexity index is 1010. The second kappa shape index (κ2) is 5.75. The number of benzene rings is 2. The van der Waals surface area contributed by atoms with Gasteiger partial charge in [-0.2, -0.15) is 13.2 Å². The van der Waals surface area contributed by atoms with Crippen molar-refractivity contribution >= 4 is 45.7 Å². The lowest BCUT2D eigenvalue weighted by Crippen LogP contribution is -2.20. The minimum atomic E-state index is -4.42. The predicted octanol–water partition coefficient (Wildman–Crippen LogP) is 4.67. The van der Waals surface area contributed by atoms with Crippen molar-refractivity contribution in [2.24, 2.45) is 0 Å². The van der Waals surface area contributed by atoms with E-state index in [0.717, 1.165) is 15.7 Å². The van der Waals surface area contributed by atoms with E-state index in [1.54, 1.807) is 12.1 Å². The molecule has 0 unspecified atom stereocenters. The van der Waals surface area contributed by atoms with E-state index in [9.17, 15) is 18.0 Å². The molecule has 0 amide bonds. The van der Waals surface area contributed by atoms with Crippen LogP contribution in [0.3, 0.4) is 0 Å². The molecule has 0 aliphatic carbocycles. The zero-order valence-corrected chi connectivity index (χ0v) is 14.3. The van der Waals surface area contributed by atoms with Gasteiger partial charge in [-0.15, -0.1) is 0 Å². The Hall–Kier alpha value is -1.68. The molecular weight excluding hydrogens is 440 g/mol. The van der Waals surface area contributed by atoms with Gasteiger partial charge in [0.25, 0.3) is 5.56 Å². The van der Waals surface area contributed by atoms with Gasteiger partial charge in [0.15, 0.2) is 4.77 Å². The van der Waals surface area contributed by atoms with Crippen LogP contribution >= 0.6 is 34.8 Å². The highest BCUT2D eigenvalue weighted by Crippen LogP contribution is 2.29. The predicted molar refractivity (Wildman–Crippen MR) is 92.4 cm³/mol. The summed E-state index contributed by atoms with van der Waals surface area (Å²) in [5.74, 6) is 0. The molecule has 1 aromatic heterocycles. The molecule has 8 heteroatoms. The summed E-state index contributed by atoms with van der Waals surface area (Å²) < 4.78 is 40.1. The summed E-state index contributed by atoms with van der Waals surface area (Å²) in [4.78, 5) is 15.6. The number of nitrogens with one attached hydrogen (secondary N) is 1. The number of aromatic amines is 1. The number of nitrogens with zero attached hydrogens (tertiary/aromatic N) is 1. The molecule has 118 valence electrons. The molecule has 0 bridgehead atoms. The zero-order valence-electron chi connectivity index (χ0n) is 11.3. The highest BCUT2D eigenvalue weighted by Gasteiger charge is 2.30. The maximum Gasteiger partial charge on any atom is 0.416 e. The Kier molecular flexibility index (Phi) is 4.05. The SMILES string of the molecule is O=c1c2cc(I)ccc2[nH]c(=S)n1-c1ccc(C(F)(F)F)cc1. The van der Waals surface area contributed by atoms with Gasteiger partial charge in [0.1, 0.15) is 0 Å². The van der Waals surface area contributed by atoms with Gasteiger partial charge in [0.2, 0.25) is 0 Å². The Morgan fingerprint density at radius 3 is 2.35 bits per heavy atom. The van der Waals surface area contributed by atoms with Crippen molar-refractivity contribution in [1.29, 1.82) is 0 Å². The molecule has 0 fully saturated rings. The molecule has 0 atom stereocenters. The van der Waals surface area contributed by atoms with Crippen LogP contribution in [0.4, 0.5) is 13.2 Å². The number of fused-ring (bicyclic) bond motifs is 1. The van der Waals surface area contributed by atoms with Crippen LogP contribution in [-0.2, 0) is 6.18 Å². The van der Waals surface area contributed by atoms with Gasteiger partial charge in [-0.25, -0.2) is 0 Å². The molecule has 0 aliphatic rings. The average Bonchev–Trinajstić information content (AvgIpc) is 2.48. The summed E-state index contributed by atoms with van der Waals surface area (Å²) in [7, 11) is 0. The minimum Gasteiger partial charge on any atom is -0.331 e. The third-order valence-electron chi connectivity index (χ3n) is 3.31. The first-order valence-electron chi connectivity index (χ1n) is 6.39. The van der Waals surface area contributed by atoms with E-state index in [2.05, 4.69) is 27.6 Å². The highest BCUT2D eigenvalue weighted by atomic mass is 127. The molecule has 0 spiro atoms. The number of hydrogen-bond acceptors (Lipinski definition) is 2. The van der Waals surface area contributed by atoms with Gasteiger partial charge in [-0.3, -0.25) is 9.36 Å². The molecule has 1 N–H and O–H groups in total. The van der Waals surface area contributed by atoms with Gasteiger partial charge in [-0.05, 0) is 77.3 Å². The molecule has 0 aliphatic heterocycles. The van der Waals surface area contributed by atoms with Crippen LogP contribution in [0.15, 0.2) is 47.3 Å². The fraction of sp³-hybridized carbons (Fsp3) is 0.0667. The third-order valence-corrected chi connectivity index (χ3v) is 4.27. The fourth-order valence-electron chi connectivity index (χ4n) is 2.22. The Balaban J connectivity index is 2.24. The summed E-state index contributed by atoms with van der Waals surface area (Å²) in [6.07, 6.45) is -4.42. The lowest BCUT2D eigenvalue weighted by Gasteiger charge is -2.10. The van der Waals surface area contributed by atoms with Crippen LogP contribution in [-0.4, -0.2) is 9.55 Å². The van der Waals surface area contributed by atoms with Crippen molar-refractivity contribution in [3.8, 4) is 5.69 Å². The van der Waals surface area contributed by atoms with Gasteiger partial charge in [0.05, 0.1) is 22.2 Å². The summed E-state index contributed by atoms with van der Waals surface area (Å²) in [5.41, 5.74) is -0.282. The van der Waals surface area contributed by atoms with E-state index in [1.807, 2.05) is 6.07 Å². The molecule has 3 aromatic rings. The third kappa shape index (κ3) is 3.05. The van der Waals surface area contributed by atoms with Crippen LogP contribution in [0, 0.1) is 8.34 Å². The second-order valence-corrected chi connectivity index (χ2v) is 6.44. The van der Waals surface area contributed by atoms with Crippen molar-refractivity contribution in [1.82, 2.24) is 9.55 Å². The number of hydrogen-bond donors (Lipinski definition) is 1. The van der Waals surface area contributed by atoms with E-state index in [4.69, 9.17) is 12.2 Å². The average molecular weight is 448 g/mol. The number of H-pyrrole nitrogens is 1. The number of alkyl halides is 3. The lowest BCUT2D eigenvalue weighted by atomic mass is 10.2. The van der Waals surface area contributed by atoms with Gasteiger partial charge >= 0.3 is 6.18 Å². The largest absolute Gasteiger partial charge is 0.416 e. The van der Waals surface area contributed by atoms with E-state index in [-0.39, 0.29) is 16.0 Å². The van der Waals surface area contributed by atoms with Gasteiger partial charge in [-0.1, -0.05) is 0 Å². The van der Waals surface area contributed by atoms with E-state index < -0.39 is 11.7 Å². The number of halogens is 4. The molecule has 0 saturated heterocycles. The molecule has 3 rings (SSSR count). The number of rotatable bonds is 1. The van der Waals surface area contributed by atoms with Crippen LogP contribution in [0.5, 0.6) is 0 Å². The zero-order chi connectivity index (χ0) is 16.8. The molecule has 0 saturated carbocycles. The first kappa shape index (κ1) is 16.2. The van der Waals surface area contributed by atoms with Crippen molar-refractivity contribution in [2.75, 3.05) is 0 Å². The van der Waals surface area contributed by atoms with Crippen LogP contribution < -0.4 is 5.56 Å². The van der Waals surface area contributed by atoms with Crippen LogP contribution in [0.2, 0.25) is 0 Å². The Morgan fingerprint density at radius 1 is 1.09 bits per heavy atom. The Labute approximate surface area is 146 Å². The summed E-state index contributed by atoms with van der Waals surface area (Å²) in [5, 5.41) is 0.422. The first-order chi connectivity index (χ1) is 10.8. The van der Waals surface area contributed by atoms with Crippen molar-refractivity contribution in [2.45, 2.75) is 6.18 Å². The lowest BCUT2D eigenvalue weighted by molar-refractivity contribution is -0.137. The minimum absolute atomic E-state index is 0.128. The van der Waals surface area contributed by atoms with E-state index >= 15 is 0 Å². The fourth-order valence-corrected chi connectivity index (χ4v) is 3.01. The van der Waals surface area contributed by atoms with Crippen LogP contribution in [0.1, 0.15) is 5.56 Å². The summed E-state index contributed by atoms with van der Waals surface area (Å²) in [6.45, 7) is 0. The van der Waals surface area contributed by atoms with E-state index in [1.165, 1.54) is 16.7 Å². The smallest absolute Gasteiger partial charge is 0.331 e. The topological polar surface area (TPSA) is 37.8 Å². The quantitative estimate of drug-likeness (QED) is 0.434. The first-order valence-corrected chi connectivity index (χ1v) is 7.88.